The zero-order chi connectivity index (χ0) is 13.9. The van der Waals surface area contributed by atoms with Crippen molar-refractivity contribution in [1.29, 1.82) is 0 Å². The molecule has 106 valence electrons. The maximum Gasteiger partial charge on any atom is 0.125 e. The summed E-state index contributed by atoms with van der Waals surface area (Å²) >= 11 is 0. The van der Waals surface area contributed by atoms with Gasteiger partial charge in [-0.15, -0.1) is 0 Å². The zero-order valence-corrected chi connectivity index (χ0v) is 12.0. The van der Waals surface area contributed by atoms with E-state index in [4.69, 9.17) is 5.11 Å². The molecular weight excluding hydrogens is 241 g/mol. The van der Waals surface area contributed by atoms with Gasteiger partial charge in [0.2, 0.25) is 0 Å². The van der Waals surface area contributed by atoms with Crippen LogP contribution >= 0.6 is 0 Å². The summed E-state index contributed by atoms with van der Waals surface area (Å²) in [5, 5.41) is 9.16. The molecule has 0 saturated carbocycles. The number of benzene rings is 1. The van der Waals surface area contributed by atoms with Crippen molar-refractivity contribution in [2.75, 3.05) is 18.0 Å². The van der Waals surface area contributed by atoms with Crippen LogP contribution in [0.5, 0.6) is 0 Å². The molecule has 0 atom stereocenters. The highest BCUT2D eigenvalue weighted by molar-refractivity contribution is 5.49. The second-order valence-corrected chi connectivity index (χ2v) is 5.67. The molecule has 3 heteroatoms. The highest BCUT2D eigenvalue weighted by Crippen LogP contribution is 2.39. The highest BCUT2D eigenvalue weighted by atomic mass is 19.1. The summed E-state index contributed by atoms with van der Waals surface area (Å²) in [6.45, 7) is 6.40. The third-order valence-electron chi connectivity index (χ3n) is 4.81. The SMILES string of the molecule is CCC1(CC)CCN(c2cc(F)cc(CO)c2)CC1. The summed E-state index contributed by atoms with van der Waals surface area (Å²) in [5.41, 5.74) is 2.03. The fourth-order valence-electron chi connectivity index (χ4n) is 3.10. The van der Waals surface area contributed by atoms with Crippen LogP contribution in [0.1, 0.15) is 45.1 Å². The molecule has 1 saturated heterocycles. The van der Waals surface area contributed by atoms with E-state index in [2.05, 4.69) is 18.7 Å². The molecule has 19 heavy (non-hydrogen) atoms. The van der Waals surface area contributed by atoms with E-state index in [-0.39, 0.29) is 12.4 Å². The fraction of sp³-hybridized carbons (Fsp3) is 0.625. The van der Waals surface area contributed by atoms with Crippen molar-refractivity contribution in [3.63, 3.8) is 0 Å². The molecular formula is C16H24FNO. The minimum absolute atomic E-state index is 0.105. The standard InChI is InChI=1S/C16H24FNO/c1-3-16(4-2)5-7-18(8-6-16)15-10-13(12-19)9-14(17)11-15/h9-11,19H,3-8,12H2,1-2H3. The van der Waals surface area contributed by atoms with Crippen LogP contribution in [0.15, 0.2) is 18.2 Å². The summed E-state index contributed by atoms with van der Waals surface area (Å²) in [4.78, 5) is 2.24. The van der Waals surface area contributed by atoms with Gasteiger partial charge in [-0.3, -0.25) is 0 Å². The molecule has 0 radical (unpaired) electrons. The first kappa shape index (κ1) is 14.3. The Kier molecular flexibility index (Phi) is 4.46. The average molecular weight is 265 g/mol. The van der Waals surface area contributed by atoms with Crippen molar-refractivity contribution in [3.05, 3.63) is 29.6 Å². The van der Waals surface area contributed by atoms with E-state index in [0.717, 1.165) is 18.8 Å². The molecule has 1 heterocycles. The maximum absolute atomic E-state index is 13.5. The maximum atomic E-state index is 13.5. The minimum Gasteiger partial charge on any atom is -0.392 e. The monoisotopic (exact) mass is 265 g/mol. The smallest absolute Gasteiger partial charge is 0.125 e. The third-order valence-corrected chi connectivity index (χ3v) is 4.81. The van der Waals surface area contributed by atoms with Crippen molar-refractivity contribution in [3.8, 4) is 0 Å². The quantitative estimate of drug-likeness (QED) is 0.896. The van der Waals surface area contributed by atoms with Gasteiger partial charge in [0.05, 0.1) is 6.61 Å². The normalized spacial score (nSPS) is 18.6. The lowest BCUT2D eigenvalue weighted by Gasteiger charge is -2.42. The second kappa shape index (κ2) is 5.91. The lowest BCUT2D eigenvalue weighted by molar-refractivity contribution is 0.199. The Bertz CT molecular complexity index is 419. The van der Waals surface area contributed by atoms with Crippen LogP contribution in [0.2, 0.25) is 0 Å². The predicted molar refractivity (Wildman–Crippen MR) is 76.8 cm³/mol. The van der Waals surface area contributed by atoms with E-state index >= 15 is 0 Å². The van der Waals surface area contributed by atoms with Gasteiger partial charge < -0.3 is 10.0 Å². The Morgan fingerprint density at radius 1 is 1.16 bits per heavy atom. The van der Waals surface area contributed by atoms with Crippen molar-refractivity contribution in [2.45, 2.75) is 46.1 Å². The molecule has 1 aromatic carbocycles. The van der Waals surface area contributed by atoms with Crippen LogP contribution in [0.25, 0.3) is 0 Å². The second-order valence-electron chi connectivity index (χ2n) is 5.67. The van der Waals surface area contributed by atoms with Crippen LogP contribution < -0.4 is 4.90 Å². The molecule has 1 aliphatic rings. The van der Waals surface area contributed by atoms with Crippen molar-refractivity contribution in [1.82, 2.24) is 0 Å². The molecule has 1 aromatic rings. The van der Waals surface area contributed by atoms with Gasteiger partial charge in [-0.2, -0.15) is 0 Å². The zero-order valence-electron chi connectivity index (χ0n) is 12.0. The molecule has 0 aliphatic carbocycles. The number of hydrogen-bond acceptors (Lipinski definition) is 2. The Morgan fingerprint density at radius 2 is 1.79 bits per heavy atom. The van der Waals surface area contributed by atoms with Gasteiger partial charge in [0.25, 0.3) is 0 Å². The van der Waals surface area contributed by atoms with Gasteiger partial charge in [0.15, 0.2) is 0 Å². The summed E-state index contributed by atoms with van der Waals surface area (Å²) in [5.74, 6) is -0.260. The highest BCUT2D eigenvalue weighted by Gasteiger charge is 2.31. The molecule has 0 spiro atoms. The minimum atomic E-state index is -0.260. The van der Waals surface area contributed by atoms with Gasteiger partial charge >= 0.3 is 0 Å². The first-order valence-corrected chi connectivity index (χ1v) is 7.28. The number of aliphatic hydroxyl groups excluding tert-OH is 1. The van der Waals surface area contributed by atoms with Crippen LogP contribution in [-0.2, 0) is 6.61 Å². The Labute approximate surface area is 115 Å². The van der Waals surface area contributed by atoms with Crippen molar-refractivity contribution >= 4 is 5.69 Å². The van der Waals surface area contributed by atoms with Crippen LogP contribution in [0.3, 0.4) is 0 Å². The first-order chi connectivity index (χ1) is 9.12. The molecule has 0 unspecified atom stereocenters. The first-order valence-electron chi connectivity index (χ1n) is 7.28. The summed E-state index contributed by atoms with van der Waals surface area (Å²) in [7, 11) is 0. The van der Waals surface area contributed by atoms with E-state index in [1.165, 1.54) is 31.7 Å². The lowest BCUT2D eigenvalue weighted by Crippen LogP contribution is -2.39. The number of piperidine rings is 1. The molecule has 1 aliphatic heterocycles. The fourth-order valence-corrected chi connectivity index (χ4v) is 3.10. The molecule has 2 nitrogen and oxygen atoms in total. The Hall–Kier alpha value is -1.09. The Morgan fingerprint density at radius 3 is 2.32 bits per heavy atom. The van der Waals surface area contributed by atoms with Crippen molar-refractivity contribution < 1.29 is 9.50 Å². The number of nitrogens with zero attached hydrogens (tertiary/aromatic N) is 1. The van der Waals surface area contributed by atoms with E-state index in [1.807, 2.05) is 6.07 Å². The Balaban J connectivity index is 2.11. The number of anilines is 1. The largest absolute Gasteiger partial charge is 0.392 e. The number of hydrogen-bond donors (Lipinski definition) is 1. The average Bonchev–Trinajstić information content (AvgIpc) is 2.46. The number of rotatable bonds is 4. The molecule has 1 fully saturated rings. The van der Waals surface area contributed by atoms with E-state index in [9.17, 15) is 4.39 Å². The third kappa shape index (κ3) is 3.08. The van der Waals surface area contributed by atoms with Gasteiger partial charge in [-0.25, -0.2) is 4.39 Å². The summed E-state index contributed by atoms with van der Waals surface area (Å²) < 4.78 is 13.5. The van der Waals surface area contributed by atoms with Gasteiger partial charge in [-0.1, -0.05) is 26.7 Å². The van der Waals surface area contributed by atoms with Gasteiger partial charge in [0, 0.05) is 18.8 Å². The molecule has 2 rings (SSSR count). The summed E-state index contributed by atoms with van der Waals surface area (Å²) in [6.07, 6.45) is 4.79. The van der Waals surface area contributed by atoms with Crippen LogP contribution in [-0.4, -0.2) is 18.2 Å². The van der Waals surface area contributed by atoms with E-state index < -0.39 is 0 Å². The van der Waals surface area contributed by atoms with E-state index in [0.29, 0.717) is 11.0 Å². The van der Waals surface area contributed by atoms with Crippen molar-refractivity contribution in [2.24, 2.45) is 5.41 Å². The predicted octanol–water partition coefficient (Wildman–Crippen LogP) is 3.72. The van der Waals surface area contributed by atoms with Gasteiger partial charge in [-0.05, 0) is 42.0 Å². The van der Waals surface area contributed by atoms with Crippen LogP contribution in [0, 0.1) is 11.2 Å². The summed E-state index contributed by atoms with van der Waals surface area (Å²) in [6, 6.07) is 4.87. The van der Waals surface area contributed by atoms with E-state index in [1.54, 1.807) is 6.07 Å². The topological polar surface area (TPSA) is 23.5 Å². The molecule has 1 N–H and O–H groups in total. The van der Waals surface area contributed by atoms with Gasteiger partial charge in [0.1, 0.15) is 5.82 Å². The molecule has 0 aromatic heterocycles. The molecule has 0 amide bonds. The number of aliphatic hydroxyl groups is 1. The molecule has 0 bridgehead atoms. The van der Waals surface area contributed by atoms with Crippen LogP contribution in [0.4, 0.5) is 10.1 Å². The number of halogens is 1. The lowest BCUT2D eigenvalue weighted by atomic mass is 9.74.